The van der Waals surface area contributed by atoms with E-state index in [4.69, 9.17) is 28.9 Å². The fourth-order valence-corrected chi connectivity index (χ4v) is 3.77. The maximum absolute atomic E-state index is 12.2. The summed E-state index contributed by atoms with van der Waals surface area (Å²) in [5.74, 6) is 0.540. The van der Waals surface area contributed by atoms with Crippen LogP contribution in [0.1, 0.15) is 32.3 Å². The first-order valence-electron chi connectivity index (χ1n) is 6.45. The zero-order chi connectivity index (χ0) is 15.3. The first-order valence-corrected chi connectivity index (χ1v) is 8.69. The maximum atomic E-state index is 12.2. The van der Waals surface area contributed by atoms with Crippen molar-refractivity contribution in [2.75, 3.05) is 6.54 Å². The van der Waals surface area contributed by atoms with Gasteiger partial charge in [-0.15, -0.1) is 0 Å². The number of hydrogen-bond acceptors (Lipinski definition) is 3. The number of nitrogens with two attached hydrogens (primary N) is 1. The van der Waals surface area contributed by atoms with Crippen molar-refractivity contribution in [3.8, 4) is 0 Å². The molecule has 0 saturated heterocycles. The van der Waals surface area contributed by atoms with Crippen LogP contribution in [0.3, 0.4) is 0 Å². The summed E-state index contributed by atoms with van der Waals surface area (Å²) in [4.78, 5) is -0.0170. The van der Waals surface area contributed by atoms with E-state index in [2.05, 4.69) is 18.6 Å². The van der Waals surface area contributed by atoms with Crippen LogP contribution in [-0.2, 0) is 16.6 Å². The fraction of sp³-hybridized carbons (Fsp3) is 0.538. The smallest absolute Gasteiger partial charge is 0.242 e. The summed E-state index contributed by atoms with van der Waals surface area (Å²) in [5.41, 5.74) is 6.04. The highest BCUT2D eigenvalue weighted by atomic mass is 35.5. The molecule has 3 N–H and O–H groups in total. The molecule has 0 heterocycles. The minimum Gasteiger partial charge on any atom is -0.326 e. The SMILES string of the molecule is CC(C)CCCNS(=O)(=O)c1cc(Cl)cc(CN)c1Cl. The molecule has 0 aliphatic rings. The number of halogens is 2. The van der Waals surface area contributed by atoms with Gasteiger partial charge in [0.25, 0.3) is 0 Å². The van der Waals surface area contributed by atoms with Crippen LogP contribution in [0.4, 0.5) is 0 Å². The van der Waals surface area contributed by atoms with E-state index in [0.29, 0.717) is 23.0 Å². The average Bonchev–Trinajstić information content (AvgIpc) is 2.36. The van der Waals surface area contributed by atoms with Crippen molar-refractivity contribution in [3.63, 3.8) is 0 Å². The maximum Gasteiger partial charge on any atom is 0.242 e. The van der Waals surface area contributed by atoms with Gasteiger partial charge >= 0.3 is 0 Å². The summed E-state index contributed by atoms with van der Waals surface area (Å²) in [6.07, 6.45) is 1.73. The molecule has 0 spiro atoms. The van der Waals surface area contributed by atoms with E-state index in [0.717, 1.165) is 12.8 Å². The van der Waals surface area contributed by atoms with Gasteiger partial charge < -0.3 is 5.73 Å². The second-order valence-electron chi connectivity index (χ2n) is 5.02. The molecule has 0 unspecified atom stereocenters. The van der Waals surface area contributed by atoms with Crippen molar-refractivity contribution >= 4 is 33.2 Å². The van der Waals surface area contributed by atoms with E-state index in [1.54, 1.807) is 6.07 Å². The third kappa shape index (κ3) is 4.90. The Bertz CT molecular complexity index is 560. The Balaban J connectivity index is 2.90. The van der Waals surface area contributed by atoms with Gasteiger partial charge in [0, 0.05) is 18.1 Å². The highest BCUT2D eigenvalue weighted by molar-refractivity contribution is 7.89. The number of benzene rings is 1. The largest absolute Gasteiger partial charge is 0.326 e. The van der Waals surface area contributed by atoms with E-state index in [1.807, 2.05) is 0 Å². The highest BCUT2D eigenvalue weighted by Gasteiger charge is 2.20. The molecule has 0 aliphatic heterocycles. The quantitative estimate of drug-likeness (QED) is 0.750. The molecule has 4 nitrogen and oxygen atoms in total. The second kappa shape index (κ2) is 7.61. The third-order valence-electron chi connectivity index (χ3n) is 2.84. The molecule has 20 heavy (non-hydrogen) atoms. The average molecular weight is 339 g/mol. The summed E-state index contributed by atoms with van der Waals surface area (Å²) in [6.45, 7) is 4.70. The van der Waals surface area contributed by atoms with Crippen LogP contribution in [0.5, 0.6) is 0 Å². The van der Waals surface area contributed by atoms with Gasteiger partial charge in [0.05, 0.1) is 5.02 Å². The minimum absolute atomic E-state index is 0.0170. The number of nitrogens with one attached hydrogen (secondary N) is 1. The van der Waals surface area contributed by atoms with Gasteiger partial charge in [0.2, 0.25) is 10.0 Å². The number of sulfonamides is 1. The molecule has 0 amide bonds. The normalized spacial score (nSPS) is 12.1. The summed E-state index contributed by atoms with van der Waals surface area (Å²) in [7, 11) is -3.67. The lowest BCUT2D eigenvalue weighted by molar-refractivity contribution is 0.540. The Morgan fingerprint density at radius 1 is 1.30 bits per heavy atom. The topological polar surface area (TPSA) is 72.2 Å². The van der Waals surface area contributed by atoms with Crippen molar-refractivity contribution in [3.05, 3.63) is 27.7 Å². The molecule has 114 valence electrons. The zero-order valence-electron chi connectivity index (χ0n) is 11.6. The van der Waals surface area contributed by atoms with Gasteiger partial charge in [0.15, 0.2) is 0 Å². The lowest BCUT2D eigenvalue weighted by Crippen LogP contribution is -2.25. The third-order valence-corrected chi connectivity index (χ3v) is 5.10. The molecular weight excluding hydrogens is 319 g/mol. The molecule has 0 atom stereocenters. The summed E-state index contributed by atoms with van der Waals surface area (Å²) < 4.78 is 27.0. The molecule has 1 aromatic rings. The predicted octanol–water partition coefficient (Wildman–Crippen LogP) is 3.17. The van der Waals surface area contributed by atoms with E-state index in [-0.39, 0.29) is 16.5 Å². The van der Waals surface area contributed by atoms with Gasteiger partial charge in [-0.05, 0) is 36.5 Å². The molecule has 1 rings (SSSR count). The van der Waals surface area contributed by atoms with Crippen LogP contribution >= 0.6 is 23.2 Å². The van der Waals surface area contributed by atoms with Gasteiger partial charge in [-0.3, -0.25) is 0 Å². The van der Waals surface area contributed by atoms with E-state index in [1.165, 1.54) is 6.07 Å². The molecule has 0 fully saturated rings. The number of hydrogen-bond donors (Lipinski definition) is 2. The molecule has 0 saturated carbocycles. The first-order chi connectivity index (χ1) is 9.27. The molecule has 1 aromatic carbocycles. The van der Waals surface area contributed by atoms with Crippen molar-refractivity contribution < 1.29 is 8.42 Å². The highest BCUT2D eigenvalue weighted by Crippen LogP contribution is 2.29. The molecule has 0 radical (unpaired) electrons. The predicted molar refractivity (Wildman–Crippen MR) is 83.6 cm³/mol. The van der Waals surface area contributed by atoms with E-state index >= 15 is 0 Å². The molecule has 0 bridgehead atoms. The van der Waals surface area contributed by atoms with Crippen molar-refractivity contribution in [1.82, 2.24) is 4.72 Å². The number of rotatable bonds is 7. The Hall–Kier alpha value is -0.330. The molecular formula is C13H20Cl2N2O2S. The first kappa shape index (κ1) is 17.7. The monoisotopic (exact) mass is 338 g/mol. The van der Waals surface area contributed by atoms with E-state index < -0.39 is 10.0 Å². The van der Waals surface area contributed by atoms with Crippen LogP contribution in [0.15, 0.2) is 17.0 Å². The molecule has 0 aliphatic carbocycles. The standard InChI is InChI=1S/C13H20Cl2N2O2S/c1-9(2)4-3-5-17-20(18,19)12-7-11(14)6-10(8-16)13(12)15/h6-7,9,17H,3-5,8,16H2,1-2H3. The van der Waals surface area contributed by atoms with Crippen molar-refractivity contribution in [1.29, 1.82) is 0 Å². The van der Waals surface area contributed by atoms with Crippen LogP contribution in [0, 0.1) is 5.92 Å². The fourth-order valence-electron chi connectivity index (χ4n) is 1.76. The summed E-state index contributed by atoms with van der Waals surface area (Å²) in [6, 6.07) is 2.91. The van der Waals surface area contributed by atoms with Crippen molar-refractivity contribution in [2.45, 2.75) is 38.1 Å². The van der Waals surface area contributed by atoms with Crippen LogP contribution in [-0.4, -0.2) is 15.0 Å². The van der Waals surface area contributed by atoms with Gasteiger partial charge in [-0.2, -0.15) is 0 Å². The van der Waals surface area contributed by atoms with Gasteiger partial charge in [-0.1, -0.05) is 37.0 Å². The zero-order valence-corrected chi connectivity index (χ0v) is 13.9. The molecule has 7 heteroatoms. The summed E-state index contributed by atoms with van der Waals surface area (Å²) >= 11 is 12.0. The van der Waals surface area contributed by atoms with Gasteiger partial charge in [0.1, 0.15) is 4.90 Å². The van der Waals surface area contributed by atoms with Crippen LogP contribution in [0.25, 0.3) is 0 Å². The van der Waals surface area contributed by atoms with Gasteiger partial charge in [-0.25, -0.2) is 13.1 Å². The second-order valence-corrected chi connectivity index (χ2v) is 7.56. The Morgan fingerprint density at radius 2 is 1.95 bits per heavy atom. The lowest BCUT2D eigenvalue weighted by atomic mass is 10.1. The Morgan fingerprint density at radius 3 is 2.50 bits per heavy atom. The lowest BCUT2D eigenvalue weighted by Gasteiger charge is -2.12. The van der Waals surface area contributed by atoms with E-state index in [9.17, 15) is 8.42 Å². The minimum atomic E-state index is -3.67. The van der Waals surface area contributed by atoms with Crippen molar-refractivity contribution in [2.24, 2.45) is 11.7 Å². The Kier molecular flexibility index (Phi) is 6.75. The Labute approximate surface area is 130 Å². The van der Waals surface area contributed by atoms with Crippen LogP contribution in [0.2, 0.25) is 10.0 Å². The van der Waals surface area contributed by atoms with Crippen LogP contribution < -0.4 is 10.5 Å². The summed E-state index contributed by atoms with van der Waals surface area (Å²) in [5, 5.41) is 0.436. The molecule has 0 aromatic heterocycles.